The molecule has 32 heavy (non-hydrogen) atoms. The summed E-state index contributed by atoms with van der Waals surface area (Å²) in [6, 6.07) is 8.58. The number of hydrogen-bond acceptors (Lipinski definition) is 5. The summed E-state index contributed by atoms with van der Waals surface area (Å²) in [5.74, 6) is 0.713. The molecule has 0 saturated carbocycles. The standard InChI is InChI=1S/C24H41N5O3/c1-7-25-21(27-18-24(5,6)28-22(30)32-23(2,3)4)26-16-19-9-8-10-20(15-19)17-29-11-13-31-14-12-29/h8-10,15H,7,11-14,16-18H2,1-6H3,(H,28,30)(H2,25,26,27). The largest absolute Gasteiger partial charge is 0.444 e. The molecule has 0 aliphatic carbocycles. The van der Waals surface area contributed by atoms with Gasteiger partial charge in [-0.3, -0.25) is 4.90 Å². The lowest BCUT2D eigenvalue weighted by molar-refractivity contribution is 0.0342. The van der Waals surface area contributed by atoms with Crippen LogP contribution in [0.2, 0.25) is 0 Å². The molecule has 0 atom stereocenters. The Hall–Kier alpha value is -2.32. The number of carbonyl (C=O) groups excluding carboxylic acids is 1. The Morgan fingerprint density at radius 2 is 1.81 bits per heavy atom. The van der Waals surface area contributed by atoms with Crippen LogP contribution in [0, 0.1) is 0 Å². The highest BCUT2D eigenvalue weighted by Gasteiger charge is 2.24. The molecule has 1 fully saturated rings. The van der Waals surface area contributed by atoms with Crippen LogP contribution in [0.5, 0.6) is 0 Å². The zero-order chi connectivity index (χ0) is 23.6. The fourth-order valence-electron chi connectivity index (χ4n) is 3.28. The first-order valence-corrected chi connectivity index (χ1v) is 11.5. The van der Waals surface area contributed by atoms with Crippen molar-refractivity contribution in [3.63, 3.8) is 0 Å². The molecule has 8 nitrogen and oxygen atoms in total. The number of nitrogens with one attached hydrogen (secondary N) is 3. The molecule has 1 aliphatic rings. The Morgan fingerprint density at radius 3 is 2.47 bits per heavy atom. The normalized spacial score (nSPS) is 15.9. The number of amides is 1. The molecule has 0 unspecified atom stereocenters. The number of ether oxygens (including phenoxy) is 2. The van der Waals surface area contributed by atoms with Crippen LogP contribution < -0.4 is 16.0 Å². The highest BCUT2D eigenvalue weighted by molar-refractivity contribution is 5.80. The topological polar surface area (TPSA) is 87.2 Å². The Bertz CT molecular complexity index is 752. The van der Waals surface area contributed by atoms with Crippen molar-refractivity contribution in [3.05, 3.63) is 35.4 Å². The van der Waals surface area contributed by atoms with Crippen LogP contribution >= 0.6 is 0 Å². The molecule has 1 saturated heterocycles. The Morgan fingerprint density at radius 1 is 1.12 bits per heavy atom. The molecule has 0 aromatic heterocycles. The molecule has 8 heteroatoms. The van der Waals surface area contributed by atoms with Gasteiger partial charge in [0.2, 0.25) is 0 Å². The first-order valence-electron chi connectivity index (χ1n) is 11.5. The third-order valence-electron chi connectivity index (χ3n) is 4.80. The van der Waals surface area contributed by atoms with Gasteiger partial charge in [0, 0.05) is 32.7 Å². The van der Waals surface area contributed by atoms with Crippen molar-refractivity contribution in [2.24, 2.45) is 4.99 Å². The van der Waals surface area contributed by atoms with Gasteiger partial charge in [0.25, 0.3) is 0 Å². The zero-order valence-corrected chi connectivity index (χ0v) is 20.6. The van der Waals surface area contributed by atoms with Crippen molar-refractivity contribution < 1.29 is 14.3 Å². The van der Waals surface area contributed by atoms with E-state index in [4.69, 9.17) is 14.5 Å². The second-order valence-electron chi connectivity index (χ2n) is 9.77. The molecule has 1 heterocycles. The van der Waals surface area contributed by atoms with Crippen molar-refractivity contribution in [2.45, 2.75) is 65.8 Å². The third-order valence-corrected chi connectivity index (χ3v) is 4.80. The number of nitrogens with zero attached hydrogens (tertiary/aromatic N) is 2. The second kappa shape index (κ2) is 12.1. The van der Waals surface area contributed by atoms with Crippen molar-refractivity contribution >= 4 is 12.1 Å². The van der Waals surface area contributed by atoms with Crippen LogP contribution in [0.4, 0.5) is 4.79 Å². The number of benzene rings is 1. The molecule has 3 N–H and O–H groups in total. The van der Waals surface area contributed by atoms with Gasteiger partial charge >= 0.3 is 6.09 Å². The number of aliphatic imine (C=N–C) groups is 1. The SMILES string of the molecule is CCNC(=NCc1cccc(CN2CCOCC2)c1)NCC(C)(C)NC(=O)OC(C)(C)C. The maximum absolute atomic E-state index is 12.1. The summed E-state index contributed by atoms with van der Waals surface area (Å²) in [7, 11) is 0. The first-order chi connectivity index (χ1) is 15.1. The van der Waals surface area contributed by atoms with Gasteiger partial charge < -0.3 is 25.4 Å². The van der Waals surface area contributed by atoms with E-state index in [1.54, 1.807) is 0 Å². The van der Waals surface area contributed by atoms with Gasteiger partial charge in [-0.15, -0.1) is 0 Å². The highest BCUT2D eigenvalue weighted by Crippen LogP contribution is 2.11. The maximum Gasteiger partial charge on any atom is 0.408 e. The number of alkyl carbamates (subject to hydrolysis) is 1. The summed E-state index contributed by atoms with van der Waals surface area (Å²) >= 11 is 0. The summed E-state index contributed by atoms with van der Waals surface area (Å²) in [4.78, 5) is 19.3. The van der Waals surface area contributed by atoms with Gasteiger partial charge in [0.15, 0.2) is 5.96 Å². The van der Waals surface area contributed by atoms with Gasteiger partial charge in [-0.2, -0.15) is 0 Å². The molecule has 0 bridgehead atoms. The molecular formula is C24H41N5O3. The van der Waals surface area contributed by atoms with Crippen molar-refractivity contribution in [3.8, 4) is 0 Å². The molecule has 1 aromatic carbocycles. The van der Waals surface area contributed by atoms with Crippen LogP contribution in [0.25, 0.3) is 0 Å². The smallest absolute Gasteiger partial charge is 0.408 e. The van der Waals surface area contributed by atoms with Crippen molar-refractivity contribution in [2.75, 3.05) is 39.4 Å². The monoisotopic (exact) mass is 447 g/mol. The van der Waals surface area contributed by atoms with E-state index in [0.29, 0.717) is 19.0 Å². The zero-order valence-electron chi connectivity index (χ0n) is 20.6. The number of carbonyl (C=O) groups is 1. The van der Waals surface area contributed by atoms with Gasteiger partial charge in [0.1, 0.15) is 5.60 Å². The molecule has 180 valence electrons. The van der Waals surface area contributed by atoms with Crippen LogP contribution in [-0.2, 0) is 22.6 Å². The predicted molar refractivity (Wildman–Crippen MR) is 129 cm³/mol. The summed E-state index contributed by atoms with van der Waals surface area (Å²) in [6.45, 7) is 17.8. The average Bonchev–Trinajstić information content (AvgIpc) is 2.69. The minimum Gasteiger partial charge on any atom is -0.444 e. The predicted octanol–water partition coefficient (Wildman–Crippen LogP) is 2.88. The Balaban J connectivity index is 1.91. The lowest BCUT2D eigenvalue weighted by atomic mass is 10.1. The van der Waals surface area contributed by atoms with Gasteiger partial charge in [-0.1, -0.05) is 24.3 Å². The molecule has 1 amide bonds. The van der Waals surface area contributed by atoms with E-state index in [-0.39, 0.29) is 0 Å². The van der Waals surface area contributed by atoms with Gasteiger partial charge in [0.05, 0.1) is 25.3 Å². The number of morpholine rings is 1. The molecule has 0 radical (unpaired) electrons. The molecule has 1 aromatic rings. The first kappa shape index (κ1) is 25.9. The molecule has 2 rings (SSSR count). The number of guanidine groups is 1. The Kier molecular flexibility index (Phi) is 9.78. The van der Waals surface area contributed by atoms with E-state index >= 15 is 0 Å². The average molecular weight is 448 g/mol. The van der Waals surface area contributed by atoms with Crippen molar-refractivity contribution in [1.29, 1.82) is 0 Å². The van der Waals surface area contributed by atoms with Gasteiger partial charge in [-0.05, 0) is 52.7 Å². The lowest BCUT2D eigenvalue weighted by Gasteiger charge is -2.29. The molecule has 0 spiro atoms. The van der Waals surface area contributed by atoms with Crippen molar-refractivity contribution in [1.82, 2.24) is 20.9 Å². The van der Waals surface area contributed by atoms with E-state index in [9.17, 15) is 4.79 Å². The summed E-state index contributed by atoms with van der Waals surface area (Å²) in [5, 5.41) is 9.51. The summed E-state index contributed by atoms with van der Waals surface area (Å²) in [5.41, 5.74) is 1.43. The number of hydrogen-bond donors (Lipinski definition) is 3. The fourth-order valence-corrected chi connectivity index (χ4v) is 3.28. The maximum atomic E-state index is 12.1. The van der Waals surface area contributed by atoms with Crippen LogP contribution in [0.15, 0.2) is 29.3 Å². The minimum absolute atomic E-state index is 0.427. The Labute approximate surface area is 193 Å². The minimum atomic E-state index is -0.527. The summed E-state index contributed by atoms with van der Waals surface area (Å²) in [6.07, 6.45) is -0.427. The van der Waals surface area contributed by atoms with Crippen LogP contribution in [0.1, 0.15) is 52.7 Å². The van der Waals surface area contributed by atoms with Crippen LogP contribution in [-0.4, -0.2) is 67.5 Å². The highest BCUT2D eigenvalue weighted by atomic mass is 16.6. The lowest BCUT2D eigenvalue weighted by Crippen LogP contribution is -2.54. The van der Waals surface area contributed by atoms with E-state index in [1.165, 1.54) is 11.1 Å². The fraction of sp³-hybridized carbons (Fsp3) is 0.667. The number of rotatable bonds is 8. The van der Waals surface area contributed by atoms with E-state index in [1.807, 2.05) is 41.5 Å². The molecular weight excluding hydrogens is 406 g/mol. The quantitative estimate of drug-likeness (QED) is 0.420. The third kappa shape index (κ3) is 10.3. The van der Waals surface area contributed by atoms with E-state index < -0.39 is 17.2 Å². The molecule has 1 aliphatic heterocycles. The summed E-state index contributed by atoms with van der Waals surface area (Å²) < 4.78 is 10.8. The van der Waals surface area contributed by atoms with E-state index in [0.717, 1.165) is 39.4 Å². The van der Waals surface area contributed by atoms with Gasteiger partial charge in [-0.25, -0.2) is 9.79 Å². The second-order valence-corrected chi connectivity index (χ2v) is 9.77. The van der Waals surface area contributed by atoms with Crippen LogP contribution in [0.3, 0.4) is 0 Å². The van der Waals surface area contributed by atoms with E-state index in [2.05, 4.69) is 45.1 Å².